The van der Waals surface area contributed by atoms with Gasteiger partial charge in [0.25, 0.3) is 0 Å². The lowest BCUT2D eigenvalue weighted by atomic mass is 9.86. The van der Waals surface area contributed by atoms with Crippen LogP contribution in [0.3, 0.4) is 0 Å². The van der Waals surface area contributed by atoms with Gasteiger partial charge in [-0.2, -0.15) is 0 Å². The van der Waals surface area contributed by atoms with Crippen LogP contribution in [0.2, 0.25) is 5.02 Å². The van der Waals surface area contributed by atoms with E-state index in [0.717, 1.165) is 29.2 Å². The van der Waals surface area contributed by atoms with Gasteiger partial charge in [-0.1, -0.05) is 25.4 Å². The van der Waals surface area contributed by atoms with Gasteiger partial charge < -0.3 is 10.5 Å². The van der Waals surface area contributed by atoms with Crippen LogP contribution < -0.4 is 10.5 Å². The zero-order valence-corrected chi connectivity index (χ0v) is 12.6. The zero-order chi connectivity index (χ0) is 13.7. The molecule has 0 radical (unpaired) electrons. The van der Waals surface area contributed by atoms with Crippen LogP contribution in [-0.2, 0) is 0 Å². The molecule has 1 aromatic rings. The van der Waals surface area contributed by atoms with Crippen molar-refractivity contribution in [3.8, 4) is 5.75 Å². The van der Waals surface area contributed by atoms with Crippen molar-refractivity contribution in [1.82, 2.24) is 0 Å². The van der Waals surface area contributed by atoms with E-state index in [-0.39, 0.29) is 0 Å². The van der Waals surface area contributed by atoms with Crippen molar-refractivity contribution >= 4 is 11.6 Å². The number of rotatable bonds is 6. The van der Waals surface area contributed by atoms with Crippen LogP contribution in [0.1, 0.15) is 43.7 Å². The minimum Gasteiger partial charge on any atom is -0.496 e. The first-order valence-electron chi connectivity index (χ1n) is 6.53. The number of hydrogen-bond acceptors (Lipinski definition) is 2. The normalized spacial score (nSPS) is 12.8. The van der Waals surface area contributed by atoms with E-state index in [0.29, 0.717) is 18.4 Å². The largest absolute Gasteiger partial charge is 0.496 e. The molecule has 0 amide bonds. The first-order valence-corrected chi connectivity index (χ1v) is 6.91. The van der Waals surface area contributed by atoms with E-state index >= 15 is 0 Å². The molecule has 0 aromatic heterocycles. The van der Waals surface area contributed by atoms with E-state index in [1.165, 1.54) is 5.56 Å². The summed E-state index contributed by atoms with van der Waals surface area (Å²) >= 11 is 6.17. The lowest BCUT2D eigenvalue weighted by Gasteiger charge is -2.22. The Hall–Kier alpha value is -0.730. The summed E-state index contributed by atoms with van der Waals surface area (Å²) in [5.41, 5.74) is 8.02. The van der Waals surface area contributed by atoms with Crippen molar-refractivity contribution in [1.29, 1.82) is 0 Å². The van der Waals surface area contributed by atoms with E-state index in [9.17, 15) is 0 Å². The summed E-state index contributed by atoms with van der Waals surface area (Å²) in [7, 11) is 1.72. The third-order valence-corrected chi connectivity index (χ3v) is 3.40. The fourth-order valence-corrected chi connectivity index (χ4v) is 2.79. The molecular formula is C15H24ClNO. The maximum absolute atomic E-state index is 6.17. The smallest absolute Gasteiger partial charge is 0.125 e. The second kappa shape index (κ2) is 7.01. The molecule has 1 rings (SSSR count). The number of halogens is 1. The zero-order valence-electron chi connectivity index (χ0n) is 11.8. The number of aryl methyl sites for hydroxylation is 1. The number of ether oxygens (including phenoxy) is 1. The fourth-order valence-electron chi connectivity index (χ4n) is 2.51. The minimum atomic E-state index is 0.419. The standard InChI is InChI=1S/C15H24ClNO/c1-10(2)7-12(5-6-17)14-9-13(16)8-11(3)15(14)18-4/h8-10,12H,5-7,17H2,1-4H3. The lowest BCUT2D eigenvalue weighted by molar-refractivity contribution is 0.392. The van der Waals surface area contributed by atoms with Crippen LogP contribution in [0.4, 0.5) is 0 Å². The summed E-state index contributed by atoms with van der Waals surface area (Å²) in [6.45, 7) is 7.18. The van der Waals surface area contributed by atoms with Crippen LogP contribution in [0.5, 0.6) is 5.75 Å². The molecule has 1 atom stereocenters. The summed E-state index contributed by atoms with van der Waals surface area (Å²) in [6, 6.07) is 3.97. The van der Waals surface area contributed by atoms with Gasteiger partial charge in [0, 0.05) is 5.02 Å². The molecule has 0 aliphatic carbocycles. The Morgan fingerprint density at radius 3 is 2.50 bits per heavy atom. The molecule has 1 unspecified atom stereocenters. The second-order valence-corrected chi connectivity index (χ2v) is 5.69. The molecule has 0 aliphatic heterocycles. The van der Waals surface area contributed by atoms with Crippen LogP contribution in [0.15, 0.2) is 12.1 Å². The second-order valence-electron chi connectivity index (χ2n) is 5.25. The summed E-state index contributed by atoms with van der Waals surface area (Å²) in [4.78, 5) is 0. The lowest BCUT2D eigenvalue weighted by Crippen LogP contribution is -2.11. The predicted molar refractivity (Wildman–Crippen MR) is 78.6 cm³/mol. The van der Waals surface area contributed by atoms with Crippen LogP contribution in [0, 0.1) is 12.8 Å². The molecule has 0 spiro atoms. The summed E-state index contributed by atoms with van der Waals surface area (Å²) in [6.07, 6.45) is 2.07. The van der Waals surface area contributed by atoms with Gasteiger partial charge in [0.1, 0.15) is 5.75 Å². The van der Waals surface area contributed by atoms with Gasteiger partial charge in [-0.15, -0.1) is 0 Å². The monoisotopic (exact) mass is 269 g/mol. The van der Waals surface area contributed by atoms with Gasteiger partial charge in [-0.05, 0) is 61.4 Å². The third-order valence-electron chi connectivity index (χ3n) is 3.18. The predicted octanol–water partition coefficient (Wildman–Crippen LogP) is 4.14. The van der Waals surface area contributed by atoms with E-state index in [1.54, 1.807) is 7.11 Å². The fraction of sp³-hybridized carbons (Fsp3) is 0.600. The van der Waals surface area contributed by atoms with Crippen molar-refractivity contribution in [3.05, 3.63) is 28.3 Å². The number of benzene rings is 1. The van der Waals surface area contributed by atoms with Crippen molar-refractivity contribution in [2.75, 3.05) is 13.7 Å². The summed E-state index contributed by atoms with van der Waals surface area (Å²) in [5, 5.41) is 0.772. The molecule has 0 bridgehead atoms. The molecule has 0 aliphatic rings. The van der Waals surface area contributed by atoms with Crippen molar-refractivity contribution < 1.29 is 4.74 Å². The highest BCUT2D eigenvalue weighted by molar-refractivity contribution is 6.30. The average Bonchev–Trinajstić information content (AvgIpc) is 2.27. The number of hydrogen-bond donors (Lipinski definition) is 1. The average molecular weight is 270 g/mol. The van der Waals surface area contributed by atoms with Gasteiger partial charge in [-0.25, -0.2) is 0 Å². The maximum atomic E-state index is 6.17. The van der Waals surface area contributed by atoms with Gasteiger partial charge in [0.2, 0.25) is 0 Å². The first-order chi connectivity index (χ1) is 8.49. The van der Waals surface area contributed by atoms with Gasteiger partial charge in [0.15, 0.2) is 0 Å². The third kappa shape index (κ3) is 3.89. The van der Waals surface area contributed by atoms with E-state index in [4.69, 9.17) is 22.1 Å². The van der Waals surface area contributed by atoms with Crippen molar-refractivity contribution in [2.45, 2.75) is 39.5 Å². The van der Waals surface area contributed by atoms with Gasteiger partial charge in [0.05, 0.1) is 7.11 Å². The number of nitrogens with two attached hydrogens (primary N) is 1. The molecule has 0 saturated heterocycles. The molecule has 2 nitrogen and oxygen atoms in total. The minimum absolute atomic E-state index is 0.419. The summed E-state index contributed by atoms with van der Waals surface area (Å²) in [5.74, 6) is 2.01. The molecule has 0 heterocycles. The van der Waals surface area contributed by atoms with Crippen LogP contribution >= 0.6 is 11.6 Å². The van der Waals surface area contributed by atoms with Crippen LogP contribution in [0.25, 0.3) is 0 Å². The molecule has 2 N–H and O–H groups in total. The van der Waals surface area contributed by atoms with Crippen molar-refractivity contribution in [3.63, 3.8) is 0 Å². The molecule has 3 heteroatoms. The SMILES string of the molecule is COc1c(C)cc(Cl)cc1C(CCN)CC(C)C. The van der Waals surface area contributed by atoms with E-state index < -0.39 is 0 Å². The topological polar surface area (TPSA) is 35.2 Å². The Morgan fingerprint density at radius 2 is 2.00 bits per heavy atom. The van der Waals surface area contributed by atoms with Crippen molar-refractivity contribution in [2.24, 2.45) is 11.7 Å². The molecule has 102 valence electrons. The Kier molecular flexibility index (Phi) is 5.97. The molecule has 1 aromatic carbocycles. The van der Waals surface area contributed by atoms with E-state index in [1.807, 2.05) is 19.1 Å². The first kappa shape index (κ1) is 15.3. The molecule has 0 fully saturated rings. The maximum Gasteiger partial charge on any atom is 0.125 e. The highest BCUT2D eigenvalue weighted by atomic mass is 35.5. The van der Waals surface area contributed by atoms with Gasteiger partial charge >= 0.3 is 0 Å². The molecule has 0 saturated carbocycles. The highest BCUT2D eigenvalue weighted by Gasteiger charge is 2.19. The Labute approximate surface area is 115 Å². The Morgan fingerprint density at radius 1 is 1.33 bits per heavy atom. The summed E-state index contributed by atoms with van der Waals surface area (Å²) < 4.78 is 5.54. The Bertz CT molecular complexity index is 390. The van der Waals surface area contributed by atoms with Crippen LogP contribution in [-0.4, -0.2) is 13.7 Å². The highest BCUT2D eigenvalue weighted by Crippen LogP contribution is 2.37. The Balaban J connectivity index is 3.16. The van der Waals surface area contributed by atoms with E-state index in [2.05, 4.69) is 13.8 Å². The number of methoxy groups -OCH3 is 1. The molecular weight excluding hydrogens is 246 g/mol. The quantitative estimate of drug-likeness (QED) is 0.843. The molecule has 18 heavy (non-hydrogen) atoms. The van der Waals surface area contributed by atoms with Gasteiger partial charge in [-0.3, -0.25) is 0 Å².